The number of carbonyl (C=O) groups excluding carboxylic acids is 1. The van der Waals surface area contributed by atoms with Gasteiger partial charge >= 0.3 is 0 Å². The van der Waals surface area contributed by atoms with Crippen LogP contribution >= 0.6 is 0 Å². The van der Waals surface area contributed by atoms with Gasteiger partial charge in [0.25, 0.3) is 0 Å². The molecule has 75 heavy (non-hydrogen) atoms. The van der Waals surface area contributed by atoms with Crippen LogP contribution in [-0.2, 0) is 33.2 Å². The van der Waals surface area contributed by atoms with Gasteiger partial charge in [0.05, 0.1) is 38.6 Å². The van der Waals surface area contributed by atoms with Gasteiger partial charge in [-0.05, 0) is 44.9 Å². The van der Waals surface area contributed by atoms with Gasteiger partial charge in [-0.3, -0.25) is 4.79 Å². The number of hydrogen-bond acceptors (Lipinski definition) is 18. The molecule has 0 saturated carbocycles. The molecule has 17 atom stereocenters. The van der Waals surface area contributed by atoms with Crippen LogP contribution in [-0.4, -0.2) is 193 Å². The maximum Gasteiger partial charge on any atom is 0.220 e. The zero-order chi connectivity index (χ0) is 54.8. The number of ether oxygens (including phenoxy) is 6. The van der Waals surface area contributed by atoms with Crippen molar-refractivity contribution in [2.45, 2.75) is 285 Å². The average molecular weight is 1080 g/mol. The van der Waals surface area contributed by atoms with E-state index < -0.39 is 124 Å². The maximum absolute atomic E-state index is 13.1. The molecule has 3 aliphatic heterocycles. The van der Waals surface area contributed by atoms with E-state index in [1.54, 1.807) is 12.2 Å². The lowest BCUT2D eigenvalue weighted by Crippen LogP contribution is -2.66. The van der Waals surface area contributed by atoms with Crippen molar-refractivity contribution in [2.75, 3.05) is 26.4 Å². The molecule has 0 aromatic carbocycles. The monoisotopic (exact) mass is 1080 g/mol. The molecule has 0 bridgehead atoms. The molecule has 0 aromatic rings. The summed E-state index contributed by atoms with van der Waals surface area (Å²) in [6, 6.07) is -0.967. The van der Waals surface area contributed by atoms with E-state index in [4.69, 9.17) is 28.4 Å². The minimum absolute atomic E-state index is 0.241. The molecule has 12 N–H and O–H groups in total. The summed E-state index contributed by atoms with van der Waals surface area (Å²) in [5.74, 6) is -0.289. The second-order valence-corrected chi connectivity index (χ2v) is 20.8. The summed E-state index contributed by atoms with van der Waals surface area (Å²) in [6.45, 7) is 1.46. The molecule has 0 spiro atoms. The van der Waals surface area contributed by atoms with Crippen molar-refractivity contribution < 1.29 is 89.4 Å². The second kappa shape index (κ2) is 40.2. The van der Waals surface area contributed by atoms with Crippen molar-refractivity contribution in [3.05, 3.63) is 36.5 Å². The Hall–Kier alpha value is -1.99. The standard InChI is InChI=1S/C56H101NO18/c1-3-5-7-8-9-10-11-12-13-14-15-16-17-18-19-20-21-22-23-24-25-26-27-28-29-30-32-34-44(62)57-39(40(61)33-31-6-4-2)38-70-54-50(68)47(65)52(42(36-59)72-54)75-56-51(69)48(66)53(43(37-60)73-56)74-55-49(67)46(64)45(63)41(35-58)71-55/h11-12,14-15,31,33,39-43,45-56,58-61,63-69H,3-10,13,16-30,32,34-38H2,1-2H3,(H,57,62)/b12-11-,15-14-,33-31+. The number of nitrogens with one attached hydrogen (secondary N) is 1. The normalized spacial score (nSPS) is 31.5. The van der Waals surface area contributed by atoms with E-state index in [0.29, 0.717) is 12.8 Å². The average Bonchev–Trinajstić information content (AvgIpc) is 3.41. The Labute approximate surface area is 447 Å². The lowest BCUT2D eigenvalue weighted by molar-refractivity contribution is -0.379. The van der Waals surface area contributed by atoms with E-state index in [1.807, 2.05) is 6.92 Å². The van der Waals surface area contributed by atoms with Gasteiger partial charge in [-0.15, -0.1) is 0 Å². The van der Waals surface area contributed by atoms with Gasteiger partial charge in [0.15, 0.2) is 18.9 Å². The smallest absolute Gasteiger partial charge is 0.220 e. The highest BCUT2D eigenvalue weighted by molar-refractivity contribution is 5.76. The third-order valence-electron chi connectivity index (χ3n) is 14.4. The van der Waals surface area contributed by atoms with Crippen LogP contribution < -0.4 is 5.32 Å². The summed E-state index contributed by atoms with van der Waals surface area (Å²) in [5, 5.41) is 119. The fraction of sp³-hybridized carbons (Fsp3) is 0.875. The first-order valence-corrected chi connectivity index (χ1v) is 28.7. The van der Waals surface area contributed by atoms with Gasteiger partial charge < -0.3 is 89.9 Å². The predicted octanol–water partition coefficient (Wildman–Crippen LogP) is 4.15. The number of hydrogen-bond donors (Lipinski definition) is 12. The van der Waals surface area contributed by atoms with Crippen LogP contribution in [0.2, 0.25) is 0 Å². The molecule has 17 unspecified atom stereocenters. The van der Waals surface area contributed by atoms with Crippen LogP contribution in [0, 0.1) is 0 Å². The largest absolute Gasteiger partial charge is 0.394 e. The molecule has 19 nitrogen and oxygen atoms in total. The highest BCUT2D eigenvalue weighted by Gasteiger charge is 2.53. The van der Waals surface area contributed by atoms with Gasteiger partial charge in [-0.2, -0.15) is 0 Å². The van der Waals surface area contributed by atoms with Crippen LogP contribution in [0.5, 0.6) is 0 Å². The Morgan fingerprint density at radius 3 is 1.39 bits per heavy atom. The minimum atomic E-state index is -1.97. The molecule has 0 aromatic heterocycles. The topological polar surface area (TPSA) is 307 Å². The summed E-state index contributed by atoms with van der Waals surface area (Å²) in [7, 11) is 0. The van der Waals surface area contributed by atoms with Gasteiger partial charge in [-0.1, -0.05) is 166 Å². The van der Waals surface area contributed by atoms with Crippen molar-refractivity contribution >= 4 is 5.91 Å². The van der Waals surface area contributed by atoms with E-state index in [-0.39, 0.29) is 18.9 Å². The molecule has 3 heterocycles. The summed E-state index contributed by atoms with van der Waals surface area (Å²) >= 11 is 0. The van der Waals surface area contributed by atoms with Crippen molar-refractivity contribution in [2.24, 2.45) is 0 Å². The van der Waals surface area contributed by atoms with E-state index in [1.165, 1.54) is 116 Å². The van der Waals surface area contributed by atoms with E-state index in [0.717, 1.165) is 32.1 Å². The van der Waals surface area contributed by atoms with Gasteiger partial charge in [0.2, 0.25) is 5.91 Å². The lowest BCUT2D eigenvalue weighted by Gasteiger charge is -2.48. The van der Waals surface area contributed by atoms with E-state index in [2.05, 4.69) is 36.5 Å². The molecule has 3 fully saturated rings. The van der Waals surface area contributed by atoms with Crippen LogP contribution in [0.15, 0.2) is 36.5 Å². The number of aliphatic hydroxyl groups excluding tert-OH is 11. The van der Waals surface area contributed by atoms with E-state index in [9.17, 15) is 61.0 Å². The molecule has 0 radical (unpaired) electrons. The molecule has 3 rings (SSSR count). The number of rotatable bonds is 41. The van der Waals surface area contributed by atoms with Crippen molar-refractivity contribution in [1.82, 2.24) is 5.32 Å². The highest BCUT2D eigenvalue weighted by atomic mass is 16.8. The second-order valence-electron chi connectivity index (χ2n) is 20.8. The zero-order valence-corrected chi connectivity index (χ0v) is 45.3. The predicted molar refractivity (Wildman–Crippen MR) is 282 cm³/mol. The SMILES string of the molecule is CCC/C=C/C(O)C(COC1OC(CO)C(OC2OC(CO)C(OC3OC(CO)C(O)C(O)C3O)C(O)C2O)C(O)C1O)NC(=O)CCCCCCCCCCCCCCCCC/C=C\C/C=C\CCCCCCC. The van der Waals surface area contributed by atoms with E-state index >= 15 is 0 Å². The number of allylic oxidation sites excluding steroid dienone is 5. The number of unbranched alkanes of at least 4 members (excludes halogenated alkanes) is 21. The van der Waals surface area contributed by atoms with Crippen molar-refractivity contribution in [3.8, 4) is 0 Å². The van der Waals surface area contributed by atoms with Crippen LogP contribution in [0.1, 0.15) is 181 Å². The Kier molecular flexibility index (Phi) is 36.1. The molecule has 19 heteroatoms. The molecule has 3 saturated heterocycles. The van der Waals surface area contributed by atoms with Gasteiger partial charge in [-0.25, -0.2) is 0 Å². The summed E-state index contributed by atoms with van der Waals surface area (Å²) in [6.07, 6.45) is 15.7. The number of amides is 1. The first-order valence-electron chi connectivity index (χ1n) is 28.7. The summed E-state index contributed by atoms with van der Waals surface area (Å²) in [5.41, 5.74) is 0. The van der Waals surface area contributed by atoms with Gasteiger partial charge in [0.1, 0.15) is 73.2 Å². The Morgan fingerprint density at radius 2 is 0.907 bits per heavy atom. The molecular formula is C56H101NO18. The number of aliphatic hydroxyl groups is 11. The summed E-state index contributed by atoms with van der Waals surface area (Å²) in [4.78, 5) is 13.1. The Bertz CT molecular complexity index is 1520. The fourth-order valence-electron chi connectivity index (χ4n) is 9.64. The minimum Gasteiger partial charge on any atom is -0.394 e. The summed E-state index contributed by atoms with van der Waals surface area (Å²) < 4.78 is 33.9. The van der Waals surface area contributed by atoms with Crippen molar-refractivity contribution in [3.63, 3.8) is 0 Å². The molecular weight excluding hydrogens is 975 g/mol. The number of carbonyl (C=O) groups is 1. The van der Waals surface area contributed by atoms with Crippen LogP contribution in [0.4, 0.5) is 0 Å². The first-order chi connectivity index (χ1) is 36.3. The third kappa shape index (κ3) is 24.9. The first kappa shape index (κ1) is 67.3. The third-order valence-corrected chi connectivity index (χ3v) is 14.4. The maximum atomic E-state index is 13.1. The quantitative estimate of drug-likeness (QED) is 0.0302. The Balaban J connectivity index is 1.32. The fourth-order valence-corrected chi connectivity index (χ4v) is 9.64. The molecule has 0 aliphatic carbocycles. The lowest BCUT2D eigenvalue weighted by atomic mass is 9.96. The highest BCUT2D eigenvalue weighted by Crippen LogP contribution is 2.33. The van der Waals surface area contributed by atoms with Crippen LogP contribution in [0.25, 0.3) is 0 Å². The molecule has 1 amide bonds. The Morgan fingerprint density at radius 1 is 0.480 bits per heavy atom. The van der Waals surface area contributed by atoms with Crippen molar-refractivity contribution in [1.29, 1.82) is 0 Å². The van der Waals surface area contributed by atoms with Crippen LogP contribution in [0.3, 0.4) is 0 Å². The zero-order valence-electron chi connectivity index (χ0n) is 45.3. The molecule has 438 valence electrons. The van der Waals surface area contributed by atoms with Gasteiger partial charge in [0, 0.05) is 6.42 Å². The molecule has 3 aliphatic rings.